The van der Waals surface area contributed by atoms with Gasteiger partial charge in [0, 0.05) is 0 Å². The summed E-state index contributed by atoms with van der Waals surface area (Å²) >= 11 is 0. The van der Waals surface area contributed by atoms with E-state index in [1.165, 1.54) is 0 Å². The van der Waals surface area contributed by atoms with Crippen LogP contribution in [0.25, 0.3) is 0 Å². The van der Waals surface area contributed by atoms with Gasteiger partial charge in [0.05, 0.1) is 22.2 Å². The van der Waals surface area contributed by atoms with E-state index in [9.17, 15) is 13.2 Å². The lowest BCUT2D eigenvalue weighted by Gasteiger charge is -2.19. The summed E-state index contributed by atoms with van der Waals surface area (Å²) < 4.78 is 28.2. The van der Waals surface area contributed by atoms with E-state index in [0.29, 0.717) is 6.42 Å². The number of carbonyl (C=O) groups excluding carboxylic acids is 1. The number of hydrogen-bond acceptors (Lipinski definition) is 3. The SMILES string of the molecule is CCc1ccc(S(=O)(=O)Nc2ccccc2C(=O)N[C@@H](CC)c2ccccc2)cc1. The van der Waals surface area contributed by atoms with Crippen LogP contribution in [0.15, 0.2) is 83.8 Å². The number of rotatable bonds is 8. The van der Waals surface area contributed by atoms with E-state index in [1.807, 2.05) is 44.2 Å². The lowest BCUT2D eigenvalue weighted by atomic mass is 10.0. The van der Waals surface area contributed by atoms with Crippen molar-refractivity contribution < 1.29 is 13.2 Å². The molecule has 0 heterocycles. The largest absolute Gasteiger partial charge is 0.345 e. The van der Waals surface area contributed by atoms with Crippen molar-refractivity contribution in [2.45, 2.75) is 37.6 Å². The standard InChI is InChI=1S/C24H26N2O3S/c1-3-18-14-16-20(17-15-18)30(28,29)26-23-13-9-8-12-21(23)24(27)25-22(4-2)19-10-6-5-7-11-19/h5-17,22,26H,3-4H2,1-2H3,(H,25,27)/t22-/m0/s1. The first kappa shape index (κ1) is 21.6. The number of sulfonamides is 1. The second-order valence-electron chi connectivity index (χ2n) is 6.99. The minimum atomic E-state index is -3.81. The summed E-state index contributed by atoms with van der Waals surface area (Å²) in [6.07, 6.45) is 1.55. The molecule has 0 spiro atoms. The van der Waals surface area contributed by atoms with Crippen LogP contribution in [0.4, 0.5) is 5.69 Å². The molecular formula is C24H26N2O3S. The molecule has 0 aromatic heterocycles. The maximum atomic E-state index is 13.0. The van der Waals surface area contributed by atoms with Gasteiger partial charge in [0.1, 0.15) is 0 Å². The summed E-state index contributed by atoms with van der Waals surface area (Å²) in [4.78, 5) is 13.1. The molecule has 0 bridgehead atoms. The summed E-state index contributed by atoms with van der Waals surface area (Å²) in [5, 5.41) is 3.01. The molecule has 30 heavy (non-hydrogen) atoms. The topological polar surface area (TPSA) is 75.3 Å². The quantitative estimate of drug-likeness (QED) is 0.540. The Bertz CT molecular complexity index is 1090. The Kier molecular flexibility index (Phi) is 6.90. The monoisotopic (exact) mass is 422 g/mol. The van der Waals surface area contributed by atoms with Gasteiger partial charge in [-0.15, -0.1) is 0 Å². The van der Waals surface area contributed by atoms with Crippen molar-refractivity contribution >= 4 is 21.6 Å². The lowest BCUT2D eigenvalue weighted by Crippen LogP contribution is -2.29. The molecule has 5 nitrogen and oxygen atoms in total. The van der Waals surface area contributed by atoms with Gasteiger partial charge < -0.3 is 5.32 Å². The third kappa shape index (κ3) is 5.07. The molecule has 0 fully saturated rings. The third-order valence-corrected chi connectivity index (χ3v) is 6.35. The zero-order valence-electron chi connectivity index (χ0n) is 17.1. The number of para-hydroxylation sites is 1. The first-order valence-electron chi connectivity index (χ1n) is 10.0. The molecule has 0 aliphatic carbocycles. The number of anilines is 1. The van der Waals surface area contributed by atoms with Crippen molar-refractivity contribution in [3.63, 3.8) is 0 Å². The first-order chi connectivity index (χ1) is 14.4. The third-order valence-electron chi connectivity index (χ3n) is 4.97. The van der Waals surface area contributed by atoms with Crippen molar-refractivity contribution in [3.05, 3.63) is 95.6 Å². The smallest absolute Gasteiger partial charge is 0.261 e. The molecule has 0 unspecified atom stereocenters. The van der Waals surface area contributed by atoms with Crippen LogP contribution in [0.2, 0.25) is 0 Å². The van der Waals surface area contributed by atoms with Gasteiger partial charge in [0.25, 0.3) is 15.9 Å². The first-order valence-corrected chi connectivity index (χ1v) is 11.5. The molecule has 0 aliphatic heterocycles. The highest BCUT2D eigenvalue weighted by molar-refractivity contribution is 7.92. The number of amides is 1. The average Bonchev–Trinajstić information content (AvgIpc) is 2.78. The Hall–Kier alpha value is -3.12. The van der Waals surface area contributed by atoms with E-state index in [0.717, 1.165) is 17.5 Å². The zero-order chi connectivity index (χ0) is 21.6. The van der Waals surface area contributed by atoms with E-state index in [1.54, 1.807) is 48.5 Å². The van der Waals surface area contributed by atoms with Crippen LogP contribution < -0.4 is 10.0 Å². The molecule has 3 rings (SSSR count). The summed E-state index contributed by atoms with van der Waals surface area (Å²) in [7, 11) is -3.81. The van der Waals surface area contributed by atoms with E-state index in [4.69, 9.17) is 0 Å². The predicted molar refractivity (Wildman–Crippen MR) is 120 cm³/mol. The van der Waals surface area contributed by atoms with Crippen molar-refractivity contribution in [2.75, 3.05) is 4.72 Å². The van der Waals surface area contributed by atoms with Gasteiger partial charge in [-0.3, -0.25) is 9.52 Å². The van der Waals surface area contributed by atoms with Gasteiger partial charge in [0.15, 0.2) is 0 Å². The molecule has 3 aromatic rings. The van der Waals surface area contributed by atoms with Gasteiger partial charge >= 0.3 is 0 Å². The fraction of sp³-hybridized carbons (Fsp3) is 0.208. The highest BCUT2D eigenvalue weighted by Gasteiger charge is 2.20. The van der Waals surface area contributed by atoms with Crippen molar-refractivity contribution in [3.8, 4) is 0 Å². The normalized spacial score (nSPS) is 12.2. The maximum Gasteiger partial charge on any atom is 0.261 e. The van der Waals surface area contributed by atoms with Crippen molar-refractivity contribution in [1.82, 2.24) is 5.32 Å². The Balaban J connectivity index is 1.83. The molecule has 0 saturated heterocycles. The van der Waals surface area contributed by atoms with Crippen LogP contribution in [0.3, 0.4) is 0 Å². The van der Waals surface area contributed by atoms with E-state index in [2.05, 4.69) is 10.0 Å². The molecule has 1 amide bonds. The number of hydrogen-bond donors (Lipinski definition) is 2. The number of aryl methyl sites for hydroxylation is 1. The molecule has 2 N–H and O–H groups in total. The summed E-state index contributed by atoms with van der Waals surface area (Å²) in [5.74, 6) is -0.328. The molecule has 156 valence electrons. The highest BCUT2D eigenvalue weighted by Crippen LogP contribution is 2.23. The minimum Gasteiger partial charge on any atom is -0.345 e. The average molecular weight is 423 g/mol. The number of nitrogens with one attached hydrogen (secondary N) is 2. The van der Waals surface area contributed by atoms with Crippen LogP contribution in [0.5, 0.6) is 0 Å². The van der Waals surface area contributed by atoms with Crippen LogP contribution in [-0.4, -0.2) is 14.3 Å². The van der Waals surface area contributed by atoms with Crippen LogP contribution in [0, 0.1) is 0 Å². The van der Waals surface area contributed by atoms with Gasteiger partial charge in [0.2, 0.25) is 0 Å². The molecular weight excluding hydrogens is 396 g/mol. The Morgan fingerprint density at radius 3 is 2.13 bits per heavy atom. The van der Waals surface area contributed by atoms with Crippen LogP contribution in [0.1, 0.15) is 47.8 Å². The Labute approximate surface area is 178 Å². The molecule has 6 heteroatoms. The Morgan fingerprint density at radius 1 is 0.867 bits per heavy atom. The van der Waals surface area contributed by atoms with Gasteiger partial charge in [-0.05, 0) is 48.2 Å². The molecule has 0 saturated carbocycles. The molecule has 0 aliphatic rings. The van der Waals surface area contributed by atoms with Crippen LogP contribution in [-0.2, 0) is 16.4 Å². The summed E-state index contributed by atoms with van der Waals surface area (Å²) in [6.45, 7) is 4.00. The van der Waals surface area contributed by atoms with E-state index < -0.39 is 10.0 Å². The lowest BCUT2D eigenvalue weighted by molar-refractivity contribution is 0.0936. The van der Waals surface area contributed by atoms with Crippen molar-refractivity contribution in [2.24, 2.45) is 0 Å². The highest BCUT2D eigenvalue weighted by atomic mass is 32.2. The van der Waals surface area contributed by atoms with E-state index in [-0.39, 0.29) is 28.1 Å². The second kappa shape index (κ2) is 9.59. The maximum absolute atomic E-state index is 13.0. The summed E-state index contributed by atoms with van der Waals surface area (Å²) in [5.41, 5.74) is 2.58. The Morgan fingerprint density at radius 2 is 1.50 bits per heavy atom. The molecule has 1 atom stereocenters. The van der Waals surface area contributed by atoms with Gasteiger partial charge in [-0.2, -0.15) is 0 Å². The van der Waals surface area contributed by atoms with Crippen LogP contribution >= 0.6 is 0 Å². The fourth-order valence-electron chi connectivity index (χ4n) is 3.22. The van der Waals surface area contributed by atoms with Gasteiger partial charge in [-0.1, -0.05) is 68.4 Å². The number of carbonyl (C=O) groups is 1. The minimum absolute atomic E-state index is 0.158. The second-order valence-corrected chi connectivity index (χ2v) is 8.68. The van der Waals surface area contributed by atoms with Gasteiger partial charge in [-0.25, -0.2) is 8.42 Å². The molecule has 3 aromatic carbocycles. The zero-order valence-corrected chi connectivity index (χ0v) is 17.9. The summed E-state index contributed by atoms with van der Waals surface area (Å²) in [6, 6.07) is 22.9. The van der Waals surface area contributed by atoms with Crippen molar-refractivity contribution in [1.29, 1.82) is 0 Å². The van der Waals surface area contributed by atoms with E-state index >= 15 is 0 Å². The fourth-order valence-corrected chi connectivity index (χ4v) is 4.30. The molecule has 0 radical (unpaired) electrons. The predicted octanol–water partition coefficient (Wildman–Crippen LogP) is 4.93. The number of benzene rings is 3.